The molecule has 3 heteroatoms. The van der Waals surface area contributed by atoms with Crippen LogP contribution >= 0.6 is 11.3 Å². The van der Waals surface area contributed by atoms with Crippen molar-refractivity contribution in [3.8, 4) is 10.4 Å². The number of hydrogen-bond acceptors (Lipinski definition) is 2. The maximum Gasteiger partial charge on any atom is 0.123 e. The summed E-state index contributed by atoms with van der Waals surface area (Å²) in [5.74, 6) is -0.185. The quantitative estimate of drug-likeness (QED) is 0.782. The lowest BCUT2D eigenvalue weighted by atomic mass is 10.1. The summed E-state index contributed by atoms with van der Waals surface area (Å²) in [6.07, 6.45) is 6.01. The van der Waals surface area contributed by atoms with Crippen LogP contribution in [-0.4, -0.2) is 12.6 Å². The molecular weight excluding hydrogens is 281 g/mol. The predicted molar refractivity (Wildman–Crippen MR) is 89.0 cm³/mol. The first kappa shape index (κ1) is 14.5. The van der Waals surface area contributed by atoms with Gasteiger partial charge in [-0.2, -0.15) is 0 Å². The fourth-order valence-electron chi connectivity index (χ4n) is 2.24. The van der Waals surface area contributed by atoms with E-state index in [2.05, 4.69) is 30.4 Å². The van der Waals surface area contributed by atoms with Crippen LogP contribution in [0.1, 0.15) is 31.1 Å². The topological polar surface area (TPSA) is 12.0 Å². The SMILES string of the molecule is CCC(=Cc1ccc(-c2ccc(F)cc2)s1)CNC1CC1. The second-order valence-electron chi connectivity index (χ2n) is 5.52. The molecule has 1 saturated carbocycles. The third kappa shape index (κ3) is 4.02. The smallest absolute Gasteiger partial charge is 0.123 e. The number of nitrogens with one attached hydrogen (secondary N) is 1. The minimum atomic E-state index is -0.185. The fraction of sp³-hybridized carbons (Fsp3) is 0.333. The molecule has 110 valence electrons. The maximum absolute atomic E-state index is 13.0. The van der Waals surface area contributed by atoms with Gasteiger partial charge in [0.25, 0.3) is 0 Å². The van der Waals surface area contributed by atoms with Crippen molar-refractivity contribution in [2.45, 2.75) is 32.2 Å². The highest BCUT2D eigenvalue weighted by atomic mass is 32.1. The molecule has 3 rings (SSSR count). The van der Waals surface area contributed by atoms with Crippen molar-refractivity contribution in [2.75, 3.05) is 6.54 Å². The van der Waals surface area contributed by atoms with Crippen LogP contribution in [0.25, 0.3) is 16.5 Å². The molecule has 0 unspecified atom stereocenters. The molecule has 0 saturated heterocycles. The molecule has 0 aliphatic heterocycles. The second kappa shape index (κ2) is 6.54. The third-order valence-corrected chi connectivity index (χ3v) is 4.83. The molecule has 0 spiro atoms. The highest BCUT2D eigenvalue weighted by molar-refractivity contribution is 7.16. The lowest BCUT2D eigenvalue weighted by Gasteiger charge is -2.05. The van der Waals surface area contributed by atoms with E-state index in [4.69, 9.17) is 0 Å². The lowest BCUT2D eigenvalue weighted by molar-refractivity contribution is 0.628. The van der Waals surface area contributed by atoms with Crippen molar-refractivity contribution in [2.24, 2.45) is 0 Å². The molecule has 1 aromatic heterocycles. The average Bonchev–Trinajstić information content (AvgIpc) is 3.22. The zero-order valence-corrected chi connectivity index (χ0v) is 13.0. The lowest BCUT2D eigenvalue weighted by Crippen LogP contribution is -2.18. The molecule has 1 aliphatic rings. The average molecular weight is 301 g/mol. The van der Waals surface area contributed by atoms with Crippen molar-refractivity contribution < 1.29 is 4.39 Å². The van der Waals surface area contributed by atoms with Gasteiger partial charge in [0.1, 0.15) is 5.82 Å². The molecule has 1 fully saturated rings. The van der Waals surface area contributed by atoms with Gasteiger partial charge >= 0.3 is 0 Å². The maximum atomic E-state index is 13.0. The van der Waals surface area contributed by atoms with Crippen LogP contribution in [-0.2, 0) is 0 Å². The van der Waals surface area contributed by atoms with E-state index >= 15 is 0 Å². The van der Waals surface area contributed by atoms with Crippen LogP contribution in [0, 0.1) is 5.82 Å². The number of rotatable bonds is 6. The number of benzene rings is 1. The van der Waals surface area contributed by atoms with Crippen LogP contribution in [0.3, 0.4) is 0 Å². The van der Waals surface area contributed by atoms with Gasteiger partial charge in [0.15, 0.2) is 0 Å². The van der Waals surface area contributed by atoms with E-state index in [0.717, 1.165) is 24.6 Å². The van der Waals surface area contributed by atoms with E-state index in [0.29, 0.717) is 0 Å². The molecule has 21 heavy (non-hydrogen) atoms. The van der Waals surface area contributed by atoms with Gasteiger partial charge in [-0.25, -0.2) is 4.39 Å². The van der Waals surface area contributed by atoms with E-state index in [1.54, 1.807) is 11.3 Å². The molecule has 1 aromatic carbocycles. The monoisotopic (exact) mass is 301 g/mol. The van der Waals surface area contributed by atoms with E-state index in [1.165, 1.54) is 40.3 Å². The number of hydrogen-bond donors (Lipinski definition) is 1. The molecule has 1 aliphatic carbocycles. The number of halogens is 1. The Bertz CT molecular complexity index is 623. The van der Waals surface area contributed by atoms with Crippen molar-refractivity contribution in [3.63, 3.8) is 0 Å². The van der Waals surface area contributed by atoms with Crippen LogP contribution < -0.4 is 5.32 Å². The van der Waals surface area contributed by atoms with Gasteiger partial charge in [0.05, 0.1) is 0 Å². The predicted octanol–water partition coefficient (Wildman–Crippen LogP) is 5.10. The molecule has 1 heterocycles. The van der Waals surface area contributed by atoms with Gasteiger partial charge in [0.2, 0.25) is 0 Å². The Balaban J connectivity index is 1.71. The summed E-state index contributed by atoms with van der Waals surface area (Å²) in [7, 11) is 0. The van der Waals surface area contributed by atoms with Crippen LogP contribution in [0.5, 0.6) is 0 Å². The van der Waals surface area contributed by atoms with Gasteiger partial charge in [-0.05, 0) is 55.2 Å². The molecule has 0 atom stereocenters. The second-order valence-corrected chi connectivity index (χ2v) is 6.64. The third-order valence-electron chi connectivity index (χ3n) is 3.75. The van der Waals surface area contributed by atoms with E-state index in [1.807, 2.05) is 12.1 Å². The first-order valence-electron chi connectivity index (χ1n) is 7.53. The molecule has 0 radical (unpaired) electrons. The Morgan fingerprint density at radius 3 is 2.67 bits per heavy atom. The zero-order valence-electron chi connectivity index (χ0n) is 12.2. The highest BCUT2D eigenvalue weighted by Crippen LogP contribution is 2.30. The Kier molecular flexibility index (Phi) is 4.51. The van der Waals surface area contributed by atoms with Crippen LogP contribution in [0.15, 0.2) is 42.0 Å². The highest BCUT2D eigenvalue weighted by Gasteiger charge is 2.20. The summed E-state index contributed by atoms with van der Waals surface area (Å²) in [5.41, 5.74) is 2.52. The number of thiophene rings is 1. The molecular formula is C18H20FNS. The van der Waals surface area contributed by atoms with Crippen molar-refractivity contribution in [3.05, 3.63) is 52.7 Å². The van der Waals surface area contributed by atoms with Crippen LogP contribution in [0.4, 0.5) is 4.39 Å². The summed E-state index contributed by atoms with van der Waals surface area (Å²) in [5, 5.41) is 3.57. The minimum absolute atomic E-state index is 0.185. The van der Waals surface area contributed by atoms with E-state index in [-0.39, 0.29) is 5.82 Å². The van der Waals surface area contributed by atoms with E-state index < -0.39 is 0 Å². The molecule has 1 nitrogen and oxygen atoms in total. The van der Waals surface area contributed by atoms with Gasteiger partial charge < -0.3 is 5.32 Å². The minimum Gasteiger partial charge on any atom is -0.310 e. The molecule has 0 bridgehead atoms. The first-order valence-corrected chi connectivity index (χ1v) is 8.35. The normalized spacial score (nSPS) is 15.4. The molecule has 1 N–H and O–H groups in total. The standard InChI is InChI=1S/C18H20FNS/c1-2-13(12-20-16-7-8-16)11-17-9-10-18(21-17)14-3-5-15(19)6-4-14/h3-6,9-11,16,20H,2,7-8,12H2,1H3. The molecule has 2 aromatic rings. The summed E-state index contributed by atoms with van der Waals surface area (Å²) in [6, 6.07) is 11.7. The summed E-state index contributed by atoms with van der Waals surface area (Å²) < 4.78 is 13.0. The van der Waals surface area contributed by atoms with Crippen LogP contribution in [0.2, 0.25) is 0 Å². The fourth-order valence-corrected chi connectivity index (χ4v) is 3.25. The Labute approximate surface area is 129 Å². The van der Waals surface area contributed by atoms with Gasteiger partial charge in [-0.15, -0.1) is 11.3 Å². The Morgan fingerprint density at radius 1 is 1.24 bits per heavy atom. The van der Waals surface area contributed by atoms with Crippen molar-refractivity contribution in [1.29, 1.82) is 0 Å². The summed E-state index contributed by atoms with van der Waals surface area (Å²) >= 11 is 1.76. The molecule has 0 amide bonds. The Hall–Kier alpha value is -1.45. The zero-order chi connectivity index (χ0) is 14.7. The largest absolute Gasteiger partial charge is 0.310 e. The Morgan fingerprint density at radius 2 is 2.00 bits per heavy atom. The first-order chi connectivity index (χ1) is 10.2. The summed E-state index contributed by atoms with van der Waals surface area (Å²) in [6.45, 7) is 3.19. The van der Waals surface area contributed by atoms with Gasteiger partial charge in [-0.1, -0.05) is 24.6 Å². The van der Waals surface area contributed by atoms with Crippen molar-refractivity contribution in [1.82, 2.24) is 5.32 Å². The summed E-state index contributed by atoms with van der Waals surface area (Å²) in [4.78, 5) is 2.45. The van der Waals surface area contributed by atoms with Gasteiger partial charge in [-0.3, -0.25) is 0 Å². The van der Waals surface area contributed by atoms with E-state index in [9.17, 15) is 4.39 Å². The van der Waals surface area contributed by atoms with Crippen molar-refractivity contribution >= 4 is 17.4 Å². The van der Waals surface area contributed by atoms with Gasteiger partial charge in [0, 0.05) is 22.3 Å².